The van der Waals surface area contributed by atoms with Crippen molar-refractivity contribution in [1.82, 2.24) is 14.5 Å². The van der Waals surface area contributed by atoms with Crippen LogP contribution in [-0.4, -0.2) is 60.9 Å². The molecule has 5 heteroatoms. The molecule has 2 heterocycles. The monoisotopic (exact) mass is 426 g/mol. The third-order valence-electron chi connectivity index (χ3n) is 6.42. The zero-order valence-corrected chi connectivity index (χ0v) is 18.6. The van der Waals surface area contributed by atoms with Gasteiger partial charge >= 0.3 is 0 Å². The van der Waals surface area contributed by atoms with Gasteiger partial charge in [-0.05, 0) is 29.3 Å². The molecule has 0 N–H and O–H groups in total. The number of methoxy groups -OCH3 is 1. The average molecular weight is 427 g/mol. The van der Waals surface area contributed by atoms with Gasteiger partial charge in [0.25, 0.3) is 0 Å². The van der Waals surface area contributed by atoms with E-state index >= 15 is 0 Å². The largest absolute Gasteiger partial charge is 0.383 e. The number of ether oxygens (including phenoxy) is 1. The molecule has 5 rings (SSSR count). The molecule has 1 fully saturated rings. The zero-order valence-electron chi connectivity index (χ0n) is 18.6. The molecule has 32 heavy (non-hydrogen) atoms. The molecule has 0 bridgehead atoms. The number of benzene rings is 3. The second-order valence-corrected chi connectivity index (χ2v) is 8.37. The van der Waals surface area contributed by atoms with Crippen LogP contribution in [0.2, 0.25) is 0 Å². The van der Waals surface area contributed by atoms with E-state index < -0.39 is 0 Å². The van der Waals surface area contributed by atoms with Crippen LogP contribution in [0.3, 0.4) is 0 Å². The zero-order chi connectivity index (χ0) is 21.8. The van der Waals surface area contributed by atoms with Crippen molar-refractivity contribution in [2.45, 2.75) is 6.04 Å². The van der Waals surface area contributed by atoms with Crippen molar-refractivity contribution in [1.29, 1.82) is 0 Å². The third-order valence-corrected chi connectivity index (χ3v) is 6.42. The molecule has 1 saturated heterocycles. The molecule has 0 saturated carbocycles. The Kier molecular flexibility index (Phi) is 6.19. The van der Waals surface area contributed by atoms with Crippen LogP contribution in [0.15, 0.2) is 85.2 Å². The van der Waals surface area contributed by atoms with Crippen LogP contribution < -0.4 is 4.90 Å². The molecule has 3 aromatic carbocycles. The number of piperazine rings is 1. The normalized spacial score (nSPS) is 15.0. The fourth-order valence-corrected chi connectivity index (χ4v) is 4.65. The maximum Gasteiger partial charge on any atom is 0.0966 e. The van der Waals surface area contributed by atoms with Gasteiger partial charge in [0.05, 0.1) is 30.0 Å². The summed E-state index contributed by atoms with van der Waals surface area (Å²) in [6, 6.07) is 28.2. The summed E-state index contributed by atoms with van der Waals surface area (Å²) in [7, 11) is 1.77. The van der Waals surface area contributed by atoms with Crippen molar-refractivity contribution < 1.29 is 4.74 Å². The Morgan fingerprint density at radius 2 is 1.50 bits per heavy atom. The van der Waals surface area contributed by atoms with Gasteiger partial charge in [-0.3, -0.25) is 4.90 Å². The number of imidazole rings is 1. The summed E-state index contributed by atoms with van der Waals surface area (Å²) in [4.78, 5) is 9.71. The highest BCUT2D eigenvalue weighted by molar-refractivity contribution is 5.80. The van der Waals surface area contributed by atoms with Crippen molar-refractivity contribution >= 4 is 16.7 Å². The van der Waals surface area contributed by atoms with Crippen molar-refractivity contribution in [3.8, 4) is 0 Å². The van der Waals surface area contributed by atoms with Crippen LogP contribution in [-0.2, 0) is 4.74 Å². The van der Waals surface area contributed by atoms with Crippen molar-refractivity contribution in [3.63, 3.8) is 0 Å². The summed E-state index contributed by atoms with van der Waals surface area (Å²) in [5.74, 6) is 0. The van der Waals surface area contributed by atoms with Crippen molar-refractivity contribution in [2.75, 3.05) is 51.3 Å². The molecule has 164 valence electrons. The van der Waals surface area contributed by atoms with E-state index in [1.165, 1.54) is 22.3 Å². The molecule has 1 aliphatic rings. The molecule has 0 amide bonds. The Labute approximate surface area is 189 Å². The van der Waals surface area contributed by atoms with E-state index in [2.05, 4.69) is 93.2 Å². The summed E-state index contributed by atoms with van der Waals surface area (Å²) in [6.45, 7) is 6.00. The number of nitrogens with zero attached hydrogens (tertiary/aromatic N) is 4. The minimum atomic E-state index is 0.0866. The van der Waals surface area contributed by atoms with Crippen LogP contribution in [0.1, 0.15) is 17.2 Å². The fraction of sp³-hybridized carbons (Fsp3) is 0.296. The summed E-state index contributed by atoms with van der Waals surface area (Å²) in [5, 5.41) is 0. The predicted octanol–water partition coefficient (Wildman–Crippen LogP) is 4.44. The summed E-state index contributed by atoms with van der Waals surface area (Å²) >= 11 is 0. The second kappa shape index (κ2) is 9.55. The number of anilines is 1. The van der Waals surface area contributed by atoms with E-state index in [0.29, 0.717) is 0 Å². The van der Waals surface area contributed by atoms with Crippen LogP contribution in [0.25, 0.3) is 11.0 Å². The lowest BCUT2D eigenvalue weighted by molar-refractivity contribution is 0.144. The molecule has 0 aliphatic carbocycles. The van der Waals surface area contributed by atoms with Crippen molar-refractivity contribution in [3.05, 3.63) is 96.3 Å². The summed E-state index contributed by atoms with van der Waals surface area (Å²) in [5.41, 5.74) is 5.99. The van der Waals surface area contributed by atoms with Gasteiger partial charge in [0.2, 0.25) is 0 Å². The quantitative estimate of drug-likeness (QED) is 0.437. The highest BCUT2D eigenvalue weighted by Gasteiger charge is 2.21. The number of hydrogen-bond donors (Lipinski definition) is 0. The van der Waals surface area contributed by atoms with Gasteiger partial charge in [-0.1, -0.05) is 60.7 Å². The maximum absolute atomic E-state index is 5.24. The molecule has 1 aromatic heterocycles. The Morgan fingerprint density at radius 3 is 2.12 bits per heavy atom. The second-order valence-electron chi connectivity index (χ2n) is 8.37. The number of aromatic nitrogens is 2. The Hall–Kier alpha value is -3.15. The first-order valence-corrected chi connectivity index (χ1v) is 11.4. The predicted molar refractivity (Wildman–Crippen MR) is 130 cm³/mol. The Bertz CT molecular complexity index is 1090. The van der Waals surface area contributed by atoms with Gasteiger partial charge < -0.3 is 14.2 Å². The van der Waals surface area contributed by atoms with E-state index in [4.69, 9.17) is 9.72 Å². The first-order valence-electron chi connectivity index (χ1n) is 11.4. The smallest absolute Gasteiger partial charge is 0.0966 e. The topological polar surface area (TPSA) is 33.5 Å². The van der Waals surface area contributed by atoms with Gasteiger partial charge in [0.15, 0.2) is 0 Å². The van der Waals surface area contributed by atoms with E-state index in [9.17, 15) is 0 Å². The van der Waals surface area contributed by atoms with E-state index in [0.717, 1.165) is 44.8 Å². The number of rotatable bonds is 7. The van der Waals surface area contributed by atoms with Crippen molar-refractivity contribution in [2.24, 2.45) is 0 Å². The van der Waals surface area contributed by atoms with Crippen LogP contribution in [0.4, 0.5) is 5.69 Å². The molecular formula is C27H30N4O. The lowest BCUT2D eigenvalue weighted by Gasteiger charge is -2.36. The van der Waals surface area contributed by atoms with E-state index in [1.54, 1.807) is 7.11 Å². The number of hydrogen-bond acceptors (Lipinski definition) is 4. The third kappa shape index (κ3) is 4.27. The minimum Gasteiger partial charge on any atom is -0.383 e. The summed E-state index contributed by atoms with van der Waals surface area (Å²) in [6.07, 6.45) is 1.99. The van der Waals surface area contributed by atoms with Gasteiger partial charge in [0.1, 0.15) is 0 Å². The summed E-state index contributed by atoms with van der Waals surface area (Å²) < 4.78 is 7.56. The molecule has 0 atom stereocenters. The minimum absolute atomic E-state index is 0.0866. The lowest BCUT2D eigenvalue weighted by atomic mass is 9.98. The standard InChI is InChI=1S/C27H30N4O/c1-32-19-18-29-14-16-30(17-15-29)24-12-13-25-26(20-24)31(21-28-25)27(22-8-4-2-5-9-22)23-10-6-3-7-11-23/h2-13,20-21,27H,14-19H2,1H3. The SMILES string of the molecule is COCCN1CCN(c2ccc3ncn(C(c4ccccc4)c4ccccc4)c3c2)CC1. The van der Waals surface area contributed by atoms with E-state index in [1.807, 2.05) is 6.33 Å². The fourth-order valence-electron chi connectivity index (χ4n) is 4.65. The highest BCUT2D eigenvalue weighted by atomic mass is 16.5. The molecule has 0 spiro atoms. The molecule has 0 unspecified atom stereocenters. The Balaban J connectivity index is 1.48. The first kappa shape index (κ1) is 20.7. The van der Waals surface area contributed by atoms with Crippen LogP contribution >= 0.6 is 0 Å². The number of fused-ring (bicyclic) bond motifs is 1. The molecule has 5 nitrogen and oxygen atoms in total. The first-order chi connectivity index (χ1) is 15.8. The van der Waals surface area contributed by atoms with E-state index in [-0.39, 0.29) is 6.04 Å². The van der Waals surface area contributed by atoms with Crippen LogP contribution in [0.5, 0.6) is 0 Å². The molecule has 0 radical (unpaired) electrons. The molecule has 4 aromatic rings. The molecular weight excluding hydrogens is 396 g/mol. The van der Waals surface area contributed by atoms with Gasteiger partial charge in [0, 0.05) is 45.5 Å². The molecule has 1 aliphatic heterocycles. The van der Waals surface area contributed by atoms with Gasteiger partial charge in [-0.2, -0.15) is 0 Å². The highest BCUT2D eigenvalue weighted by Crippen LogP contribution is 2.31. The van der Waals surface area contributed by atoms with Gasteiger partial charge in [-0.25, -0.2) is 4.98 Å². The van der Waals surface area contributed by atoms with Crippen LogP contribution in [0, 0.1) is 0 Å². The average Bonchev–Trinajstić information content (AvgIpc) is 3.27. The Morgan fingerprint density at radius 1 is 0.844 bits per heavy atom. The maximum atomic E-state index is 5.24. The van der Waals surface area contributed by atoms with Gasteiger partial charge in [-0.15, -0.1) is 0 Å². The lowest BCUT2D eigenvalue weighted by Crippen LogP contribution is -2.47.